The largest absolute Gasteiger partial charge is 0.418 e. The van der Waals surface area contributed by atoms with Crippen molar-refractivity contribution in [2.24, 2.45) is 0 Å². The number of anilines is 2. The predicted molar refractivity (Wildman–Crippen MR) is 73.0 cm³/mol. The number of benzene rings is 1. The first-order chi connectivity index (χ1) is 9.27. The maximum absolute atomic E-state index is 12.9. The minimum absolute atomic E-state index is 0.0102. The molecule has 2 rings (SSSR count). The molecule has 112 valence electrons. The number of nitrogen functional groups attached to an aromatic ring is 2. The Morgan fingerprint density at radius 3 is 2.25 bits per heavy atom. The Labute approximate surface area is 116 Å². The van der Waals surface area contributed by atoms with E-state index in [4.69, 9.17) is 11.5 Å². The van der Waals surface area contributed by atoms with Crippen molar-refractivity contribution >= 4 is 11.4 Å². The fourth-order valence-electron chi connectivity index (χ4n) is 2.33. The first-order valence-electron chi connectivity index (χ1n) is 6.43. The van der Waals surface area contributed by atoms with E-state index in [0.29, 0.717) is 12.1 Å². The number of piperazine rings is 1. The van der Waals surface area contributed by atoms with E-state index in [9.17, 15) is 13.2 Å². The molecule has 0 radical (unpaired) electrons. The van der Waals surface area contributed by atoms with E-state index in [-0.39, 0.29) is 11.4 Å². The number of nitrogens with two attached hydrogens (primary N) is 2. The van der Waals surface area contributed by atoms with Gasteiger partial charge in [0.25, 0.3) is 0 Å². The van der Waals surface area contributed by atoms with E-state index in [0.717, 1.165) is 32.2 Å². The van der Waals surface area contributed by atoms with Gasteiger partial charge in [0, 0.05) is 32.7 Å². The molecule has 20 heavy (non-hydrogen) atoms. The SMILES string of the molecule is CN1CCN(Cc2cc(N)c(N)c(C(F)(F)F)c2)CC1. The van der Waals surface area contributed by atoms with E-state index >= 15 is 0 Å². The molecule has 0 bridgehead atoms. The average Bonchev–Trinajstić information content (AvgIpc) is 2.35. The Kier molecular flexibility index (Phi) is 4.10. The van der Waals surface area contributed by atoms with Crippen molar-refractivity contribution in [1.29, 1.82) is 0 Å². The lowest BCUT2D eigenvalue weighted by Crippen LogP contribution is -2.43. The van der Waals surface area contributed by atoms with Gasteiger partial charge in [-0.1, -0.05) is 0 Å². The molecule has 1 aliphatic heterocycles. The number of nitrogens with zero attached hydrogens (tertiary/aromatic N) is 2. The van der Waals surface area contributed by atoms with E-state index in [1.54, 1.807) is 0 Å². The summed E-state index contributed by atoms with van der Waals surface area (Å²) in [4.78, 5) is 4.31. The Bertz CT molecular complexity index is 479. The quantitative estimate of drug-likeness (QED) is 0.812. The molecule has 0 atom stereocenters. The van der Waals surface area contributed by atoms with Crippen molar-refractivity contribution in [3.8, 4) is 0 Å². The monoisotopic (exact) mass is 288 g/mol. The molecule has 0 aromatic heterocycles. The van der Waals surface area contributed by atoms with Gasteiger partial charge in [0.1, 0.15) is 0 Å². The maximum atomic E-state index is 12.9. The first kappa shape index (κ1) is 14.9. The zero-order valence-electron chi connectivity index (χ0n) is 11.4. The Hall–Kier alpha value is -1.47. The lowest BCUT2D eigenvalue weighted by Gasteiger charge is -2.32. The fraction of sp³-hybridized carbons (Fsp3) is 0.538. The standard InChI is InChI=1S/C13H19F3N4/c1-19-2-4-20(5-3-19)8-9-6-10(13(14,15)16)12(18)11(17)7-9/h6-7H,2-5,8,17-18H2,1H3. The highest BCUT2D eigenvalue weighted by Gasteiger charge is 2.34. The lowest BCUT2D eigenvalue weighted by molar-refractivity contribution is -0.136. The molecular formula is C13H19F3N4. The smallest absolute Gasteiger partial charge is 0.397 e. The van der Waals surface area contributed by atoms with Crippen LogP contribution in [0.2, 0.25) is 0 Å². The van der Waals surface area contributed by atoms with Gasteiger partial charge in [-0.05, 0) is 24.7 Å². The molecule has 0 amide bonds. The van der Waals surface area contributed by atoms with Crippen LogP contribution in [0.25, 0.3) is 0 Å². The lowest BCUT2D eigenvalue weighted by atomic mass is 10.1. The van der Waals surface area contributed by atoms with E-state index < -0.39 is 11.7 Å². The number of alkyl halides is 3. The van der Waals surface area contributed by atoms with Crippen molar-refractivity contribution in [2.45, 2.75) is 12.7 Å². The molecule has 1 aliphatic rings. The molecule has 1 fully saturated rings. The van der Waals surface area contributed by atoms with Crippen molar-refractivity contribution in [2.75, 3.05) is 44.7 Å². The summed E-state index contributed by atoms with van der Waals surface area (Å²) in [5, 5.41) is 0. The summed E-state index contributed by atoms with van der Waals surface area (Å²) < 4.78 is 38.6. The molecule has 4 N–H and O–H groups in total. The second-order valence-corrected chi connectivity index (χ2v) is 5.22. The van der Waals surface area contributed by atoms with Gasteiger partial charge in [-0.3, -0.25) is 4.90 Å². The average molecular weight is 288 g/mol. The molecule has 0 unspecified atom stereocenters. The van der Waals surface area contributed by atoms with Crippen molar-refractivity contribution < 1.29 is 13.2 Å². The fourth-order valence-corrected chi connectivity index (χ4v) is 2.33. The van der Waals surface area contributed by atoms with Crippen LogP contribution in [0.1, 0.15) is 11.1 Å². The van der Waals surface area contributed by atoms with Gasteiger partial charge < -0.3 is 16.4 Å². The summed E-state index contributed by atoms with van der Waals surface area (Å²) in [5.41, 5.74) is 10.3. The minimum atomic E-state index is -4.48. The van der Waals surface area contributed by atoms with E-state index in [1.807, 2.05) is 7.05 Å². The summed E-state index contributed by atoms with van der Waals surface area (Å²) in [6.45, 7) is 3.96. The Morgan fingerprint density at radius 2 is 1.70 bits per heavy atom. The van der Waals surface area contributed by atoms with Gasteiger partial charge in [-0.15, -0.1) is 0 Å². The number of halogens is 3. The van der Waals surface area contributed by atoms with Crippen LogP contribution in [0.15, 0.2) is 12.1 Å². The molecule has 4 nitrogen and oxygen atoms in total. The molecule has 1 aromatic rings. The summed E-state index contributed by atoms with van der Waals surface area (Å²) in [5.74, 6) is 0. The molecule has 1 aromatic carbocycles. The van der Waals surface area contributed by atoms with Crippen LogP contribution in [-0.2, 0) is 12.7 Å². The van der Waals surface area contributed by atoms with Gasteiger partial charge in [-0.25, -0.2) is 0 Å². The first-order valence-corrected chi connectivity index (χ1v) is 6.43. The topological polar surface area (TPSA) is 58.5 Å². The van der Waals surface area contributed by atoms with Crippen LogP contribution in [-0.4, -0.2) is 43.0 Å². The molecule has 0 saturated carbocycles. The highest BCUT2D eigenvalue weighted by Crippen LogP contribution is 2.37. The van der Waals surface area contributed by atoms with Crippen LogP contribution in [0.3, 0.4) is 0 Å². The molecule has 0 spiro atoms. The summed E-state index contributed by atoms with van der Waals surface area (Å²) >= 11 is 0. The summed E-state index contributed by atoms with van der Waals surface area (Å²) in [6, 6.07) is 2.63. The van der Waals surface area contributed by atoms with Crippen molar-refractivity contribution in [3.05, 3.63) is 23.3 Å². The maximum Gasteiger partial charge on any atom is 0.418 e. The van der Waals surface area contributed by atoms with Gasteiger partial charge in [-0.2, -0.15) is 13.2 Å². The molecule has 1 heterocycles. The van der Waals surface area contributed by atoms with Gasteiger partial charge >= 0.3 is 6.18 Å². The number of hydrogen-bond acceptors (Lipinski definition) is 4. The second-order valence-electron chi connectivity index (χ2n) is 5.22. The van der Waals surface area contributed by atoms with Crippen LogP contribution >= 0.6 is 0 Å². The number of hydrogen-bond donors (Lipinski definition) is 2. The second kappa shape index (κ2) is 5.49. The van der Waals surface area contributed by atoms with Crippen molar-refractivity contribution in [3.63, 3.8) is 0 Å². The minimum Gasteiger partial charge on any atom is -0.397 e. The van der Waals surface area contributed by atoms with Crippen LogP contribution in [0, 0.1) is 0 Å². The van der Waals surface area contributed by atoms with Gasteiger partial charge in [0.2, 0.25) is 0 Å². The highest BCUT2D eigenvalue weighted by atomic mass is 19.4. The van der Waals surface area contributed by atoms with E-state index in [2.05, 4.69) is 9.80 Å². The summed E-state index contributed by atoms with van der Waals surface area (Å²) in [7, 11) is 2.03. The highest BCUT2D eigenvalue weighted by molar-refractivity contribution is 5.69. The molecule has 0 aliphatic carbocycles. The molecular weight excluding hydrogens is 269 g/mol. The van der Waals surface area contributed by atoms with Gasteiger partial charge in [0.15, 0.2) is 0 Å². The summed E-state index contributed by atoms with van der Waals surface area (Å²) in [6.07, 6.45) is -4.48. The molecule has 7 heteroatoms. The predicted octanol–water partition coefficient (Wildman–Crippen LogP) is 1.62. The molecule has 1 saturated heterocycles. The third kappa shape index (κ3) is 3.34. The third-order valence-corrected chi connectivity index (χ3v) is 3.58. The zero-order chi connectivity index (χ0) is 14.9. The van der Waals surface area contributed by atoms with Crippen molar-refractivity contribution in [1.82, 2.24) is 9.80 Å². The Morgan fingerprint density at radius 1 is 1.10 bits per heavy atom. The van der Waals surface area contributed by atoms with Gasteiger partial charge in [0.05, 0.1) is 16.9 Å². The van der Waals surface area contributed by atoms with E-state index in [1.165, 1.54) is 6.07 Å². The Balaban J connectivity index is 2.18. The van der Waals surface area contributed by atoms with Crippen LogP contribution in [0.4, 0.5) is 24.5 Å². The normalized spacial score (nSPS) is 18.4. The number of likely N-dealkylation sites (N-methyl/N-ethyl adjacent to an activating group) is 1. The third-order valence-electron chi connectivity index (χ3n) is 3.58. The number of rotatable bonds is 2. The van der Waals surface area contributed by atoms with Crippen LogP contribution < -0.4 is 11.5 Å². The van der Waals surface area contributed by atoms with Crippen LogP contribution in [0.5, 0.6) is 0 Å². The zero-order valence-corrected chi connectivity index (χ0v) is 11.4.